The van der Waals surface area contributed by atoms with E-state index in [9.17, 15) is 19.3 Å². The molecule has 6 nitrogen and oxygen atoms in total. The van der Waals surface area contributed by atoms with E-state index in [0.29, 0.717) is 19.6 Å². The molecule has 102 valence electrons. The third-order valence-electron chi connectivity index (χ3n) is 3.15. The van der Waals surface area contributed by atoms with E-state index in [2.05, 4.69) is 5.32 Å². The highest BCUT2D eigenvalue weighted by Gasteiger charge is 2.29. The number of amides is 1. The number of benzene rings is 1. The van der Waals surface area contributed by atoms with Crippen LogP contribution >= 0.6 is 0 Å². The maximum atomic E-state index is 13.1. The third-order valence-corrected chi connectivity index (χ3v) is 3.15. The van der Waals surface area contributed by atoms with Crippen molar-refractivity contribution in [2.45, 2.75) is 13.0 Å². The number of nitro groups is 1. The van der Waals surface area contributed by atoms with Gasteiger partial charge in [-0.25, -0.2) is 4.39 Å². The van der Waals surface area contributed by atoms with E-state index < -0.39 is 22.3 Å². The van der Waals surface area contributed by atoms with E-state index in [4.69, 9.17) is 0 Å². The first-order valence-electron chi connectivity index (χ1n) is 5.96. The molecule has 1 heterocycles. The van der Waals surface area contributed by atoms with Crippen LogP contribution in [0.2, 0.25) is 0 Å². The summed E-state index contributed by atoms with van der Waals surface area (Å²) < 4.78 is 13.1. The molecule has 0 aromatic heterocycles. The Balaban J connectivity index is 2.35. The zero-order valence-electron chi connectivity index (χ0n) is 10.4. The SMILES string of the molecule is C[C@@H]1CNCCN1C(=O)c1ccc(F)cc1[N+](=O)[O-]. The Kier molecular flexibility index (Phi) is 3.75. The summed E-state index contributed by atoms with van der Waals surface area (Å²) in [6, 6.07) is 2.96. The second-order valence-electron chi connectivity index (χ2n) is 4.47. The van der Waals surface area contributed by atoms with Crippen molar-refractivity contribution in [1.82, 2.24) is 10.2 Å². The van der Waals surface area contributed by atoms with Crippen molar-refractivity contribution in [3.63, 3.8) is 0 Å². The van der Waals surface area contributed by atoms with Gasteiger partial charge in [-0.05, 0) is 19.1 Å². The summed E-state index contributed by atoms with van der Waals surface area (Å²) in [5, 5.41) is 14.0. The fourth-order valence-electron chi connectivity index (χ4n) is 2.13. The second-order valence-corrected chi connectivity index (χ2v) is 4.47. The Hall–Kier alpha value is -2.02. The molecular weight excluding hydrogens is 253 g/mol. The van der Waals surface area contributed by atoms with E-state index in [1.807, 2.05) is 6.92 Å². The molecule has 0 bridgehead atoms. The summed E-state index contributed by atoms with van der Waals surface area (Å²) in [6.45, 7) is 3.62. The fourth-order valence-corrected chi connectivity index (χ4v) is 2.13. The van der Waals surface area contributed by atoms with E-state index >= 15 is 0 Å². The van der Waals surface area contributed by atoms with Crippen LogP contribution in [0.25, 0.3) is 0 Å². The van der Waals surface area contributed by atoms with Gasteiger partial charge in [0, 0.05) is 25.7 Å². The van der Waals surface area contributed by atoms with E-state index in [1.165, 1.54) is 6.07 Å². The van der Waals surface area contributed by atoms with Crippen LogP contribution < -0.4 is 5.32 Å². The minimum atomic E-state index is -0.733. The van der Waals surface area contributed by atoms with Crippen molar-refractivity contribution in [3.05, 3.63) is 39.7 Å². The smallest absolute Gasteiger partial charge is 0.285 e. The van der Waals surface area contributed by atoms with Crippen LogP contribution in [0.4, 0.5) is 10.1 Å². The van der Waals surface area contributed by atoms with Crippen molar-refractivity contribution in [2.75, 3.05) is 19.6 Å². The first-order chi connectivity index (χ1) is 9.00. The van der Waals surface area contributed by atoms with Crippen molar-refractivity contribution >= 4 is 11.6 Å². The highest BCUT2D eigenvalue weighted by atomic mass is 19.1. The van der Waals surface area contributed by atoms with Crippen LogP contribution in [-0.2, 0) is 0 Å². The summed E-state index contributed by atoms with van der Waals surface area (Å²) in [4.78, 5) is 24.0. The van der Waals surface area contributed by atoms with Gasteiger partial charge in [0.25, 0.3) is 11.6 Å². The molecule has 0 aliphatic carbocycles. The molecule has 1 atom stereocenters. The molecule has 1 aliphatic heterocycles. The molecule has 7 heteroatoms. The molecule has 1 aliphatic rings. The molecule has 19 heavy (non-hydrogen) atoms. The molecule has 1 aromatic carbocycles. The molecule has 2 rings (SSSR count). The topological polar surface area (TPSA) is 75.5 Å². The fraction of sp³-hybridized carbons (Fsp3) is 0.417. The second kappa shape index (κ2) is 5.31. The van der Waals surface area contributed by atoms with E-state index in [1.54, 1.807) is 4.90 Å². The Bertz CT molecular complexity index is 521. The standard InChI is InChI=1S/C12H14FN3O3/c1-8-7-14-4-5-15(8)12(17)10-3-2-9(13)6-11(10)16(18)19/h2-3,6,8,14H,4-5,7H2,1H3/t8-/m1/s1. The average molecular weight is 267 g/mol. The van der Waals surface area contributed by atoms with Gasteiger partial charge in [0.2, 0.25) is 0 Å². The van der Waals surface area contributed by atoms with Crippen molar-refractivity contribution in [3.8, 4) is 0 Å². The molecule has 0 radical (unpaired) electrons. The van der Waals surface area contributed by atoms with Crippen molar-refractivity contribution < 1.29 is 14.1 Å². The number of piperazine rings is 1. The predicted molar refractivity (Wildman–Crippen MR) is 66.4 cm³/mol. The minimum Gasteiger partial charge on any atom is -0.333 e. The van der Waals surface area contributed by atoms with Crippen LogP contribution in [0, 0.1) is 15.9 Å². The Labute approximate surface area is 109 Å². The summed E-state index contributed by atoms with van der Waals surface area (Å²) in [5.41, 5.74) is -0.559. The third kappa shape index (κ3) is 2.70. The molecule has 1 aromatic rings. The molecule has 0 unspecified atom stereocenters. The maximum Gasteiger partial charge on any atom is 0.285 e. The zero-order chi connectivity index (χ0) is 14.0. The van der Waals surface area contributed by atoms with E-state index in [0.717, 1.165) is 12.1 Å². The van der Waals surface area contributed by atoms with Crippen molar-refractivity contribution in [1.29, 1.82) is 0 Å². The molecule has 1 N–H and O–H groups in total. The lowest BCUT2D eigenvalue weighted by atomic mass is 10.1. The van der Waals surface area contributed by atoms with Crippen LogP contribution in [0.5, 0.6) is 0 Å². The summed E-state index contributed by atoms with van der Waals surface area (Å²) in [7, 11) is 0. The van der Waals surface area contributed by atoms with Gasteiger partial charge in [-0.3, -0.25) is 14.9 Å². The van der Waals surface area contributed by atoms with Gasteiger partial charge in [0.1, 0.15) is 11.4 Å². The number of nitrogens with zero attached hydrogens (tertiary/aromatic N) is 2. The number of nitro benzene ring substituents is 1. The largest absolute Gasteiger partial charge is 0.333 e. The Morgan fingerprint density at radius 2 is 2.32 bits per heavy atom. The molecule has 1 saturated heterocycles. The van der Waals surface area contributed by atoms with Crippen LogP contribution in [0.15, 0.2) is 18.2 Å². The van der Waals surface area contributed by atoms with Gasteiger partial charge in [-0.15, -0.1) is 0 Å². The summed E-state index contributed by atoms with van der Waals surface area (Å²) in [6.07, 6.45) is 0. The predicted octanol–water partition coefficient (Wildman–Crippen LogP) is 1.17. The summed E-state index contributed by atoms with van der Waals surface area (Å²) in [5.74, 6) is -1.16. The van der Waals surface area contributed by atoms with Crippen LogP contribution in [0.1, 0.15) is 17.3 Å². The van der Waals surface area contributed by atoms with Crippen LogP contribution in [-0.4, -0.2) is 41.4 Å². The van der Waals surface area contributed by atoms with Gasteiger partial charge in [0.15, 0.2) is 0 Å². The number of rotatable bonds is 2. The summed E-state index contributed by atoms with van der Waals surface area (Å²) >= 11 is 0. The molecule has 1 amide bonds. The van der Waals surface area contributed by atoms with Crippen LogP contribution in [0.3, 0.4) is 0 Å². The monoisotopic (exact) mass is 267 g/mol. The van der Waals surface area contributed by atoms with E-state index in [-0.39, 0.29) is 11.6 Å². The average Bonchev–Trinajstić information content (AvgIpc) is 2.38. The van der Waals surface area contributed by atoms with Gasteiger partial charge in [0.05, 0.1) is 11.0 Å². The zero-order valence-corrected chi connectivity index (χ0v) is 10.4. The van der Waals surface area contributed by atoms with Gasteiger partial charge < -0.3 is 10.2 Å². The first-order valence-corrected chi connectivity index (χ1v) is 5.96. The van der Waals surface area contributed by atoms with Gasteiger partial charge in [-0.1, -0.05) is 0 Å². The number of carbonyl (C=O) groups excluding carboxylic acids is 1. The number of hydrogen-bond acceptors (Lipinski definition) is 4. The number of halogens is 1. The Morgan fingerprint density at radius 1 is 1.58 bits per heavy atom. The molecule has 0 saturated carbocycles. The highest BCUT2D eigenvalue weighted by molar-refractivity contribution is 5.98. The lowest BCUT2D eigenvalue weighted by Crippen LogP contribution is -2.52. The minimum absolute atomic E-state index is 0.0501. The molecular formula is C12H14FN3O3. The quantitative estimate of drug-likeness (QED) is 0.644. The Morgan fingerprint density at radius 3 is 2.95 bits per heavy atom. The maximum absolute atomic E-state index is 13.1. The molecule has 1 fully saturated rings. The van der Waals surface area contributed by atoms with Gasteiger partial charge >= 0.3 is 0 Å². The number of hydrogen-bond donors (Lipinski definition) is 1. The van der Waals surface area contributed by atoms with Gasteiger partial charge in [-0.2, -0.15) is 0 Å². The molecule has 0 spiro atoms. The highest BCUT2D eigenvalue weighted by Crippen LogP contribution is 2.22. The lowest BCUT2D eigenvalue weighted by Gasteiger charge is -2.33. The normalized spacial score (nSPS) is 19.3. The number of carbonyl (C=O) groups is 1. The lowest BCUT2D eigenvalue weighted by molar-refractivity contribution is -0.385. The first kappa shape index (κ1) is 13.4. The van der Waals surface area contributed by atoms with Crippen molar-refractivity contribution in [2.24, 2.45) is 0 Å². The number of nitrogens with one attached hydrogen (secondary N) is 1.